The number of carbonyl (C=O) groups is 2. The van der Waals surface area contributed by atoms with Crippen molar-refractivity contribution in [1.82, 2.24) is 5.32 Å². The summed E-state index contributed by atoms with van der Waals surface area (Å²) in [4.78, 5) is 23.5. The van der Waals surface area contributed by atoms with Crippen LogP contribution in [0, 0.1) is 0 Å². The monoisotopic (exact) mass is 413 g/mol. The maximum absolute atomic E-state index is 12.1. The van der Waals surface area contributed by atoms with Gasteiger partial charge in [-0.3, -0.25) is 4.79 Å². The van der Waals surface area contributed by atoms with Gasteiger partial charge in [-0.25, -0.2) is 4.79 Å². The molecule has 2 N–H and O–H groups in total. The van der Waals surface area contributed by atoms with E-state index in [0.29, 0.717) is 12.8 Å². The fourth-order valence-corrected chi connectivity index (χ4v) is 3.44. The summed E-state index contributed by atoms with van der Waals surface area (Å²) < 4.78 is 0. The Morgan fingerprint density at radius 2 is 1.31 bits per heavy atom. The van der Waals surface area contributed by atoms with Crippen LogP contribution in [0.15, 0.2) is 30.3 Å². The standard InChI is InChI=1S/C24H39NO3.Na.H/c1-2-3-4-5-6-7-8-9-10-11-12-16-19-23(26)25-22(24(27)28)20-21-17-14-13-15-18-21;;/h13-15,17-18,22H,2-12,16,19-20H2,1H3,(H,25,26)(H,27,28);;/t22-;;/m0../s1. The van der Waals surface area contributed by atoms with Crippen LogP contribution in [0.3, 0.4) is 0 Å². The molecule has 0 heterocycles. The Morgan fingerprint density at radius 3 is 1.79 bits per heavy atom. The summed E-state index contributed by atoms with van der Waals surface area (Å²) in [5.74, 6) is -1.14. The molecule has 0 aromatic heterocycles. The number of rotatable bonds is 17. The number of benzene rings is 1. The molecule has 0 saturated carbocycles. The van der Waals surface area contributed by atoms with Gasteiger partial charge in [-0.15, -0.1) is 0 Å². The summed E-state index contributed by atoms with van der Waals surface area (Å²) >= 11 is 0. The Labute approximate surface area is 199 Å². The van der Waals surface area contributed by atoms with Crippen LogP contribution in [-0.4, -0.2) is 52.6 Å². The molecule has 29 heavy (non-hydrogen) atoms. The van der Waals surface area contributed by atoms with Gasteiger partial charge in [-0.2, -0.15) is 0 Å². The van der Waals surface area contributed by atoms with Crippen molar-refractivity contribution in [3.8, 4) is 0 Å². The van der Waals surface area contributed by atoms with Crippen molar-refractivity contribution in [3.05, 3.63) is 35.9 Å². The first kappa shape index (κ1) is 28.2. The molecule has 0 fully saturated rings. The van der Waals surface area contributed by atoms with Crippen molar-refractivity contribution in [3.63, 3.8) is 0 Å². The van der Waals surface area contributed by atoms with E-state index in [1.165, 1.54) is 57.8 Å². The van der Waals surface area contributed by atoms with Crippen molar-refractivity contribution in [2.24, 2.45) is 0 Å². The molecular weight excluding hydrogens is 373 g/mol. The minimum absolute atomic E-state index is 0. The summed E-state index contributed by atoms with van der Waals surface area (Å²) in [7, 11) is 0. The molecule has 1 atom stereocenters. The van der Waals surface area contributed by atoms with Crippen LogP contribution in [0.4, 0.5) is 0 Å². The van der Waals surface area contributed by atoms with E-state index >= 15 is 0 Å². The Bertz CT molecular complexity index is 536. The number of hydrogen-bond acceptors (Lipinski definition) is 2. The van der Waals surface area contributed by atoms with Gasteiger partial charge in [-0.05, 0) is 12.0 Å². The molecule has 0 aliphatic carbocycles. The summed E-state index contributed by atoms with van der Waals surface area (Å²) in [6.45, 7) is 2.25. The van der Waals surface area contributed by atoms with Crippen LogP contribution in [-0.2, 0) is 16.0 Å². The normalized spacial score (nSPS) is 11.5. The number of unbranched alkanes of at least 4 members (excludes halogenated alkanes) is 11. The van der Waals surface area contributed by atoms with Crippen molar-refractivity contribution in [2.75, 3.05) is 0 Å². The molecule has 1 aromatic carbocycles. The van der Waals surface area contributed by atoms with Gasteiger partial charge in [0.05, 0.1) is 0 Å². The zero-order valence-corrected chi connectivity index (χ0v) is 17.6. The van der Waals surface area contributed by atoms with E-state index in [4.69, 9.17) is 0 Å². The van der Waals surface area contributed by atoms with E-state index in [1.54, 1.807) is 0 Å². The topological polar surface area (TPSA) is 66.4 Å². The van der Waals surface area contributed by atoms with E-state index in [9.17, 15) is 14.7 Å². The third kappa shape index (κ3) is 15.6. The molecular formula is C24H40NNaO3. The SMILES string of the molecule is CCCCCCCCCCCCCCC(=O)N[C@@H](Cc1ccccc1)C(=O)O.[NaH]. The first-order chi connectivity index (χ1) is 13.6. The summed E-state index contributed by atoms with van der Waals surface area (Å²) in [5, 5.41) is 12.0. The molecule has 4 nitrogen and oxygen atoms in total. The molecule has 1 rings (SSSR count). The molecule has 160 valence electrons. The fourth-order valence-electron chi connectivity index (χ4n) is 3.44. The quantitative estimate of drug-likeness (QED) is 0.271. The van der Waals surface area contributed by atoms with Gasteiger partial charge in [0.25, 0.3) is 0 Å². The predicted molar refractivity (Wildman–Crippen MR) is 123 cm³/mol. The molecule has 0 radical (unpaired) electrons. The van der Waals surface area contributed by atoms with Crippen LogP contribution in [0.25, 0.3) is 0 Å². The number of amides is 1. The zero-order valence-electron chi connectivity index (χ0n) is 17.6. The average molecular weight is 414 g/mol. The number of carboxylic acids is 1. The van der Waals surface area contributed by atoms with Gasteiger partial charge in [0.15, 0.2) is 0 Å². The van der Waals surface area contributed by atoms with Crippen LogP contribution >= 0.6 is 0 Å². The van der Waals surface area contributed by atoms with Crippen LogP contribution in [0.1, 0.15) is 96.0 Å². The fraction of sp³-hybridized carbons (Fsp3) is 0.667. The van der Waals surface area contributed by atoms with Gasteiger partial charge in [0.2, 0.25) is 5.91 Å². The predicted octanol–water partition coefficient (Wildman–Crippen LogP) is 5.24. The van der Waals surface area contributed by atoms with Gasteiger partial charge >= 0.3 is 35.5 Å². The molecule has 1 amide bonds. The number of carboxylic acid groups (broad SMARTS) is 1. The average Bonchev–Trinajstić information content (AvgIpc) is 2.69. The second-order valence-corrected chi connectivity index (χ2v) is 7.79. The first-order valence-corrected chi connectivity index (χ1v) is 11.2. The minimum atomic E-state index is -0.980. The zero-order chi connectivity index (χ0) is 20.5. The number of nitrogens with one attached hydrogen (secondary N) is 1. The van der Waals surface area contributed by atoms with E-state index in [0.717, 1.165) is 24.8 Å². The van der Waals surface area contributed by atoms with E-state index in [-0.39, 0.29) is 35.5 Å². The maximum atomic E-state index is 12.1. The third-order valence-electron chi connectivity index (χ3n) is 5.17. The second-order valence-electron chi connectivity index (χ2n) is 7.79. The van der Waals surface area contributed by atoms with Gasteiger partial charge in [-0.1, -0.05) is 108 Å². The molecule has 0 saturated heterocycles. The van der Waals surface area contributed by atoms with Crippen LogP contribution < -0.4 is 5.32 Å². The molecule has 5 heteroatoms. The van der Waals surface area contributed by atoms with Crippen molar-refractivity contribution in [2.45, 2.75) is 103 Å². The third-order valence-corrected chi connectivity index (χ3v) is 5.17. The van der Waals surface area contributed by atoms with E-state index in [1.807, 2.05) is 30.3 Å². The Morgan fingerprint density at radius 1 is 0.828 bits per heavy atom. The van der Waals surface area contributed by atoms with Gasteiger partial charge < -0.3 is 10.4 Å². The molecule has 0 spiro atoms. The Kier molecular flexibility index (Phi) is 18.6. The van der Waals surface area contributed by atoms with Gasteiger partial charge in [0.1, 0.15) is 6.04 Å². The summed E-state index contributed by atoms with van der Waals surface area (Å²) in [6, 6.07) is 8.56. The molecule has 1 aromatic rings. The van der Waals surface area contributed by atoms with Gasteiger partial charge in [0, 0.05) is 12.8 Å². The number of aliphatic carboxylic acids is 1. The molecule has 0 bridgehead atoms. The van der Waals surface area contributed by atoms with Crippen molar-refractivity contribution < 1.29 is 14.7 Å². The summed E-state index contributed by atoms with van der Waals surface area (Å²) in [6.07, 6.45) is 15.8. The van der Waals surface area contributed by atoms with E-state index < -0.39 is 12.0 Å². The van der Waals surface area contributed by atoms with Crippen LogP contribution in [0.5, 0.6) is 0 Å². The molecule has 0 unspecified atom stereocenters. The number of carbonyl (C=O) groups excluding carboxylic acids is 1. The van der Waals surface area contributed by atoms with Crippen molar-refractivity contribution >= 4 is 41.4 Å². The van der Waals surface area contributed by atoms with E-state index in [2.05, 4.69) is 12.2 Å². The summed E-state index contributed by atoms with van der Waals surface area (Å²) in [5.41, 5.74) is 0.917. The molecule has 0 aliphatic heterocycles. The Hall–Kier alpha value is -0.840. The number of hydrogen-bond donors (Lipinski definition) is 2. The van der Waals surface area contributed by atoms with Crippen molar-refractivity contribution in [1.29, 1.82) is 0 Å². The first-order valence-electron chi connectivity index (χ1n) is 11.2. The van der Waals surface area contributed by atoms with Crippen LogP contribution in [0.2, 0.25) is 0 Å². The molecule has 0 aliphatic rings. The second kappa shape index (κ2) is 19.1. The Balaban J connectivity index is 0.00000784.